The first-order chi connectivity index (χ1) is 17.0. The topological polar surface area (TPSA) is 125 Å². The van der Waals surface area contributed by atoms with E-state index in [1.165, 1.54) is 0 Å². The average Bonchev–Trinajstić information content (AvgIpc) is 3.17. The second kappa shape index (κ2) is 11.4. The van der Waals surface area contributed by atoms with Gasteiger partial charge < -0.3 is 25.6 Å². The summed E-state index contributed by atoms with van der Waals surface area (Å²) in [5.74, 6) is -1.70. The molecule has 35 heavy (non-hydrogen) atoms. The molecule has 4 N–H and O–H groups in total. The molecule has 2 aliphatic carbocycles. The van der Waals surface area contributed by atoms with Crippen LogP contribution in [0.5, 0.6) is 0 Å². The number of hydrogen-bond acceptors (Lipinski definition) is 5. The van der Waals surface area contributed by atoms with E-state index in [0.29, 0.717) is 0 Å². The molecule has 0 aromatic heterocycles. The number of carbonyl (C=O) groups excluding carboxylic acids is 2. The molecule has 0 aliphatic heterocycles. The van der Waals surface area contributed by atoms with E-state index in [1.54, 1.807) is 0 Å². The van der Waals surface area contributed by atoms with Gasteiger partial charge >= 0.3 is 12.1 Å². The first kappa shape index (κ1) is 24.7. The monoisotopic (exact) mass is 480 g/mol. The van der Waals surface area contributed by atoms with Crippen LogP contribution in [-0.2, 0) is 14.3 Å². The molecule has 2 aromatic carbocycles. The lowest BCUT2D eigenvalue weighted by Gasteiger charge is -2.32. The maximum absolute atomic E-state index is 12.7. The number of rotatable bonds is 9. The highest BCUT2D eigenvalue weighted by Gasteiger charge is 2.32. The zero-order chi connectivity index (χ0) is 24.8. The third kappa shape index (κ3) is 5.82. The van der Waals surface area contributed by atoms with E-state index in [0.717, 1.165) is 47.9 Å². The average molecular weight is 481 g/mol. The molecule has 186 valence electrons. The summed E-state index contributed by atoms with van der Waals surface area (Å²) in [6.07, 6.45) is 2.94. The Morgan fingerprint density at radius 1 is 0.971 bits per heavy atom. The van der Waals surface area contributed by atoms with Crippen molar-refractivity contribution in [2.24, 2.45) is 5.92 Å². The molecule has 0 saturated heterocycles. The van der Waals surface area contributed by atoms with E-state index >= 15 is 0 Å². The smallest absolute Gasteiger partial charge is 0.407 e. The van der Waals surface area contributed by atoms with Crippen LogP contribution in [0, 0.1) is 5.92 Å². The Balaban J connectivity index is 1.34. The minimum absolute atomic E-state index is 0.0273. The summed E-state index contributed by atoms with van der Waals surface area (Å²) in [5, 5.41) is 23.7. The van der Waals surface area contributed by atoms with Crippen LogP contribution in [-0.4, -0.2) is 53.5 Å². The van der Waals surface area contributed by atoms with Crippen molar-refractivity contribution >= 4 is 18.0 Å². The zero-order valence-corrected chi connectivity index (χ0v) is 19.6. The summed E-state index contributed by atoms with van der Waals surface area (Å²) in [7, 11) is 0. The van der Waals surface area contributed by atoms with Crippen molar-refractivity contribution in [3.8, 4) is 11.1 Å². The SMILES string of the molecule is O=C(CC1CCCCC1NC(=O)OCC1c2ccccc2-c2ccccc21)NC(CCO)C(=O)O. The molecule has 2 aromatic rings. The second-order valence-electron chi connectivity index (χ2n) is 9.30. The number of fused-ring (bicyclic) bond motifs is 3. The Morgan fingerprint density at radius 2 is 1.60 bits per heavy atom. The van der Waals surface area contributed by atoms with Crippen molar-refractivity contribution < 1.29 is 29.3 Å². The Bertz CT molecular complexity index is 1030. The highest BCUT2D eigenvalue weighted by molar-refractivity contribution is 5.83. The van der Waals surface area contributed by atoms with Crippen molar-refractivity contribution in [2.75, 3.05) is 13.2 Å². The lowest BCUT2D eigenvalue weighted by atomic mass is 9.82. The number of amides is 2. The molecule has 1 fully saturated rings. The summed E-state index contributed by atoms with van der Waals surface area (Å²) in [6.45, 7) is -0.105. The first-order valence-electron chi connectivity index (χ1n) is 12.2. The van der Waals surface area contributed by atoms with Crippen LogP contribution in [0.3, 0.4) is 0 Å². The van der Waals surface area contributed by atoms with E-state index in [-0.39, 0.29) is 43.9 Å². The molecular weight excluding hydrogens is 448 g/mol. The van der Waals surface area contributed by atoms with E-state index in [1.807, 2.05) is 24.3 Å². The number of carboxylic acids is 1. The lowest BCUT2D eigenvalue weighted by molar-refractivity contribution is -0.142. The number of carbonyl (C=O) groups is 3. The number of alkyl carbamates (subject to hydrolysis) is 1. The van der Waals surface area contributed by atoms with Gasteiger partial charge in [0.05, 0.1) is 0 Å². The number of aliphatic hydroxyl groups excluding tert-OH is 1. The third-order valence-corrected chi connectivity index (χ3v) is 7.05. The van der Waals surface area contributed by atoms with Gasteiger partial charge in [-0.25, -0.2) is 9.59 Å². The Kier molecular flexibility index (Phi) is 8.02. The fourth-order valence-corrected chi connectivity index (χ4v) is 5.31. The first-order valence-corrected chi connectivity index (χ1v) is 12.2. The predicted molar refractivity (Wildman–Crippen MR) is 130 cm³/mol. The van der Waals surface area contributed by atoms with Crippen LogP contribution in [0.1, 0.15) is 55.6 Å². The minimum atomic E-state index is -1.18. The number of carboxylic acid groups (broad SMARTS) is 1. The zero-order valence-electron chi connectivity index (χ0n) is 19.6. The number of hydrogen-bond donors (Lipinski definition) is 4. The summed E-state index contributed by atoms with van der Waals surface area (Å²) in [6, 6.07) is 15.0. The van der Waals surface area contributed by atoms with Gasteiger partial charge in [-0.1, -0.05) is 61.4 Å². The standard InChI is InChI=1S/C27H32N2O6/c30-14-13-24(26(32)33)28-25(31)15-17-7-1-6-12-23(17)29-27(34)35-16-22-20-10-4-2-8-18(20)19-9-3-5-11-21(19)22/h2-5,8-11,17,22-24,30H,1,6-7,12-16H2,(H,28,31)(H,29,34)(H,32,33). The van der Waals surface area contributed by atoms with E-state index in [4.69, 9.17) is 9.84 Å². The molecule has 8 heteroatoms. The van der Waals surface area contributed by atoms with Crippen LogP contribution in [0.15, 0.2) is 48.5 Å². The van der Waals surface area contributed by atoms with Crippen LogP contribution in [0.25, 0.3) is 11.1 Å². The number of aliphatic hydroxyl groups is 1. The van der Waals surface area contributed by atoms with Gasteiger partial charge in [0.15, 0.2) is 0 Å². The Morgan fingerprint density at radius 3 is 2.23 bits per heavy atom. The number of benzene rings is 2. The van der Waals surface area contributed by atoms with Gasteiger partial charge in [0.25, 0.3) is 0 Å². The normalized spacial score (nSPS) is 19.8. The van der Waals surface area contributed by atoms with Gasteiger partial charge in [0.2, 0.25) is 5.91 Å². The van der Waals surface area contributed by atoms with Gasteiger partial charge in [0.1, 0.15) is 12.6 Å². The molecule has 0 bridgehead atoms. The van der Waals surface area contributed by atoms with Gasteiger partial charge in [-0.05, 0) is 41.0 Å². The van der Waals surface area contributed by atoms with Crippen molar-refractivity contribution in [3.05, 3.63) is 59.7 Å². The Hall–Kier alpha value is -3.39. The van der Waals surface area contributed by atoms with E-state index < -0.39 is 24.0 Å². The lowest BCUT2D eigenvalue weighted by Crippen LogP contribution is -2.46. The second-order valence-corrected chi connectivity index (χ2v) is 9.30. The molecule has 3 atom stereocenters. The van der Waals surface area contributed by atoms with Crippen LogP contribution in [0.4, 0.5) is 4.79 Å². The van der Waals surface area contributed by atoms with Crippen LogP contribution in [0.2, 0.25) is 0 Å². The van der Waals surface area contributed by atoms with Crippen LogP contribution >= 0.6 is 0 Å². The molecule has 1 saturated carbocycles. The van der Waals surface area contributed by atoms with Crippen molar-refractivity contribution in [1.82, 2.24) is 10.6 Å². The largest absolute Gasteiger partial charge is 0.480 e. The highest BCUT2D eigenvalue weighted by atomic mass is 16.5. The molecule has 0 radical (unpaired) electrons. The quantitative estimate of drug-likeness (QED) is 0.436. The number of nitrogens with one attached hydrogen (secondary N) is 2. The van der Waals surface area contributed by atoms with Crippen molar-refractivity contribution in [3.63, 3.8) is 0 Å². The predicted octanol–water partition coefficient (Wildman–Crippen LogP) is 3.43. The molecule has 2 amide bonds. The van der Waals surface area contributed by atoms with Crippen molar-refractivity contribution in [2.45, 2.75) is 56.5 Å². The van der Waals surface area contributed by atoms with Gasteiger partial charge in [-0.15, -0.1) is 0 Å². The summed E-state index contributed by atoms with van der Waals surface area (Å²) in [4.78, 5) is 36.5. The molecule has 2 aliphatic rings. The van der Waals surface area contributed by atoms with Crippen LogP contribution < -0.4 is 10.6 Å². The van der Waals surface area contributed by atoms with E-state index in [9.17, 15) is 19.5 Å². The molecule has 3 unspecified atom stereocenters. The highest BCUT2D eigenvalue weighted by Crippen LogP contribution is 2.44. The Labute approximate surface area is 204 Å². The molecule has 8 nitrogen and oxygen atoms in total. The van der Waals surface area contributed by atoms with E-state index in [2.05, 4.69) is 34.9 Å². The molecule has 0 heterocycles. The van der Waals surface area contributed by atoms with Gasteiger partial charge in [-0.2, -0.15) is 0 Å². The molecule has 4 rings (SSSR count). The molecular formula is C27H32N2O6. The maximum atomic E-state index is 12.7. The number of aliphatic carboxylic acids is 1. The minimum Gasteiger partial charge on any atom is -0.480 e. The molecule has 0 spiro atoms. The maximum Gasteiger partial charge on any atom is 0.407 e. The van der Waals surface area contributed by atoms with Gasteiger partial charge in [-0.3, -0.25) is 4.79 Å². The number of ether oxygens (including phenoxy) is 1. The summed E-state index contributed by atoms with van der Waals surface area (Å²) < 4.78 is 5.67. The summed E-state index contributed by atoms with van der Waals surface area (Å²) in [5.41, 5.74) is 4.61. The summed E-state index contributed by atoms with van der Waals surface area (Å²) >= 11 is 0. The fourth-order valence-electron chi connectivity index (χ4n) is 5.31. The van der Waals surface area contributed by atoms with Crippen molar-refractivity contribution in [1.29, 1.82) is 0 Å². The third-order valence-electron chi connectivity index (χ3n) is 7.05. The van der Waals surface area contributed by atoms with Gasteiger partial charge in [0, 0.05) is 31.4 Å². The fraction of sp³-hybridized carbons (Fsp3) is 0.444.